The molecule has 1 aliphatic rings. The zero-order chi connectivity index (χ0) is 18.3. The van der Waals surface area contributed by atoms with E-state index in [0.717, 1.165) is 11.1 Å². The number of esters is 1. The second-order valence-corrected chi connectivity index (χ2v) is 6.18. The number of carbonyl (C=O) groups is 2. The largest absolute Gasteiger partial charge is 0.465 e. The molecule has 7 heteroatoms. The van der Waals surface area contributed by atoms with Crippen molar-refractivity contribution in [2.75, 3.05) is 11.9 Å². The molecule has 0 spiro atoms. The molecule has 1 aromatic carbocycles. The van der Waals surface area contributed by atoms with Gasteiger partial charge in [0.25, 0.3) is 0 Å². The highest BCUT2D eigenvalue weighted by molar-refractivity contribution is 6.20. The number of benzene rings is 1. The van der Waals surface area contributed by atoms with Gasteiger partial charge in [0, 0.05) is 29.2 Å². The van der Waals surface area contributed by atoms with E-state index >= 15 is 0 Å². The number of H-pyrrole nitrogens is 1. The van der Waals surface area contributed by atoms with Gasteiger partial charge in [-0.15, -0.1) is 0 Å². The van der Waals surface area contributed by atoms with Gasteiger partial charge in [0.15, 0.2) is 5.41 Å². The molecule has 1 unspecified atom stereocenters. The molecule has 0 bridgehead atoms. The van der Waals surface area contributed by atoms with Crippen LogP contribution in [0.2, 0.25) is 0 Å². The lowest BCUT2D eigenvalue weighted by atomic mass is 9.79. The van der Waals surface area contributed by atoms with Crippen LogP contribution >= 0.6 is 0 Å². The fourth-order valence-electron chi connectivity index (χ4n) is 3.46. The van der Waals surface area contributed by atoms with E-state index in [9.17, 15) is 9.59 Å². The number of imidazole rings is 1. The van der Waals surface area contributed by atoms with Gasteiger partial charge in [0.05, 0.1) is 17.6 Å². The second-order valence-electron chi connectivity index (χ2n) is 6.18. The monoisotopic (exact) mass is 350 g/mol. The highest BCUT2D eigenvalue weighted by atomic mass is 16.5. The van der Waals surface area contributed by atoms with Crippen molar-refractivity contribution in [1.29, 1.82) is 0 Å². The van der Waals surface area contributed by atoms with E-state index in [2.05, 4.69) is 20.3 Å². The lowest BCUT2D eigenvalue weighted by Gasteiger charge is -2.23. The van der Waals surface area contributed by atoms with E-state index in [4.69, 9.17) is 4.74 Å². The molecule has 0 aliphatic carbocycles. The summed E-state index contributed by atoms with van der Waals surface area (Å²) < 4.78 is 5.20. The number of carbonyl (C=O) groups excluding carboxylic acids is 2. The smallest absolute Gasteiger partial charge is 0.326 e. The van der Waals surface area contributed by atoms with Crippen molar-refractivity contribution in [2.45, 2.75) is 25.7 Å². The van der Waals surface area contributed by atoms with Gasteiger partial charge in [-0.3, -0.25) is 14.6 Å². The van der Waals surface area contributed by atoms with Crippen molar-refractivity contribution < 1.29 is 14.3 Å². The number of anilines is 1. The van der Waals surface area contributed by atoms with Crippen molar-refractivity contribution in [2.24, 2.45) is 0 Å². The molecular weight excluding hydrogens is 332 g/mol. The van der Waals surface area contributed by atoms with Crippen LogP contribution in [0.5, 0.6) is 0 Å². The van der Waals surface area contributed by atoms with Crippen LogP contribution in [0.4, 0.5) is 5.69 Å². The molecule has 0 saturated carbocycles. The Kier molecular flexibility index (Phi) is 3.72. The summed E-state index contributed by atoms with van der Waals surface area (Å²) in [5, 5.41) is 2.81. The van der Waals surface area contributed by atoms with E-state index in [0.29, 0.717) is 29.0 Å². The Hall–Kier alpha value is -3.22. The number of rotatable bonds is 4. The second kappa shape index (κ2) is 5.94. The number of nitrogens with zero attached hydrogens (tertiary/aromatic N) is 2. The quantitative estimate of drug-likeness (QED) is 0.557. The normalized spacial score (nSPS) is 18.6. The fraction of sp³-hybridized carbons (Fsp3) is 0.263. The number of ether oxygens (including phenoxy) is 1. The Balaban J connectivity index is 1.87. The molecule has 26 heavy (non-hydrogen) atoms. The summed E-state index contributed by atoms with van der Waals surface area (Å²) in [6, 6.07) is 7.35. The van der Waals surface area contributed by atoms with Crippen LogP contribution in [0.1, 0.15) is 25.8 Å². The number of amides is 1. The molecule has 3 aromatic rings. The highest BCUT2D eigenvalue weighted by Crippen LogP contribution is 2.43. The van der Waals surface area contributed by atoms with Gasteiger partial charge in [0.2, 0.25) is 5.91 Å². The van der Waals surface area contributed by atoms with Crippen molar-refractivity contribution in [3.63, 3.8) is 0 Å². The molecule has 132 valence electrons. The van der Waals surface area contributed by atoms with E-state index in [1.54, 1.807) is 25.4 Å². The first-order valence-corrected chi connectivity index (χ1v) is 8.53. The molecule has 4 rings (SSSR count). The van der Waals surface area contributed by atoms with Crippen LogP contribution in [-0.4, -0.2) is 33.4 Å². The molecule has 1 aliphatic heterocycles. The third-order valence-electron chi connectivity index (χ3n) is 4.81. The van der Waals surface area contributed by atoms with E-state index < -0.39 is 11.4 Å². The van der Waals surface area contributed by atoms with Gasteiger partial charge in [-0.2, -0.15) is 0 Å². The Morgan fingerprint density at radius 1 is 1.31 bits per heavy atom. The maximum absolute atomic E-state index is 12.6. The first-order valence-electron chi connectivity index (χ1n) is 8.53. The molecule has 0 fully saturated rings. The van der Waals surface area contributed by atoms with Crippen LogP contribution in [0.3, 0.4) is 0 Å². The van der Waals surface area contributed by atoms with Crippen LogP contribution < -0.4 is 5.32 Å². The maximum atomic E-state index is 12.6. The third-order valence-corrected chi connectivity index (χ3v) is 4.81. The summed E-state index contributed by atoms with van der Waals surface area (Å²) in [5.74, 6) is -0.194. The van der Waals surface area contributed by atoms with Gasteiger partial charge < -0.3 is 15.0 Å². The summed E-state index contributed by atoms with van der Waals surface area (Å²) in [6.07, 6.45) is 3.74. The topological polar surface area (TPSA) is 97.0 Å². The average molecular weight is 350 g/mol. The summed E-state index contributed by atoms with van der Waals surface area (Å²) in [6.45, 7) is 3.76. The van der Waals surface area contributed by atoms with Crippen molar-refractivity contribution in [3.8, 4) is 11.4 Å². The Morgan fingerprint density at radius 2 is 2.15 bits per heavy atom. The van der Waals surface area contributed by atoms with Gasteiger partial charge in [-0.05, 0) is 37.6 Å². The summed E-state index contributed by atoms with van der Waals surface area (Å²) in [5.41, 5.74) is 2.22. The number of aromatic nitrogens is 3. The third kappa shape index (κ3) is 2.20. The average Bonchev–Trinajstić information content (AvgIpc) is 3.18. The lowest BCUT2D eigenvalue weighted by molar-refractivity contribution is -0.153. The van der Waals surface area contributed by atoms with Crippen LogP contribution in [0.15, 0.2) is 36.7 Å². The van der Waals surface area contributed by atoms with Crippen LogP contribution in [0.25, 0.3) is 22.4 Å². The maximum Gasteiger partial charge on any atom is 0.326 e. The van der Waals surface area contributed by atoms with Gasteiger partial charge >= 0.3 is 5.97 Å². The Morgan fingerprint density at radius 3 is 2.85 bits per heavy atom. The first-order chi connectivity index (χ1) is 12.6. The minimum Gasteiger partial charge on any atom is -0.465 e. The Labute approximate surface area is 149 Å². The summed E-state index contributed by atoms with van der Waals surface area (Å²) in [4.78, 5) is 37.2. The fourth-order valence-corrected chi connectivity index (χ4v) is 3.46. The zero-order valence-corrected chi connectivity index (χ0v) is 14.5. The first kappa shape index (κ1) is 16.3. The summed E-state index contributed by atoms with van der Waals surface area (Å²) >= 11 is 0. The Bertz CT molecular complexity index is 1010. The zero-order valence-electron chi connectivity index (χ0n) is 14.5. The number of pyridine rings is 1. The highest BCUT2D eigenvalue weighted by Gasteiger charge is 2.53. The standard InChI is InChI=1S/C19H18N4O3/c1-3-19(18(25)26-4-2)12-8-14-15(9-13(12)23-17(19)24)22-16(21-14)11-6-5-7-20-10-11/h5-10H,3-4H2,1-2H3,(H,21,22)(H,23,24). The predicted molar refractivity (Wildman–Crippen MR) is 96.6 cm³/mol. The minimum absolute atomic E-state index is 0.223. The van der Waals surface area contributed by atoms with Crippen LogP contribution in [-0.2, 0) is 19.7 Å². The number of hydrogen-bond acceptors (Lipinski definition) is 5. The van der Waals surface area contributed by atoms with E-state index in [-0.39, 0.29) is 12.5 Å². The molecule has 1 atom stereocenters. The van der Waals surface area contributed by atoms with Gasteiger partial charge in [0.1, 0.15) is 5.82 Å². The molecule has 0 saturated heterocycles. The number of fused-ring (bicyclic) bond motifs is 2. The minimum atomic E-state index is -1.32. The van der Waals surface area contributed by atoms with Crippen molar-refractivity contribution in [1.82, 2.24) is 15.0 Å². The van der Waals surface area contributed by atoms with Gasteiger partial charge in [-0.1, -0.05) is 6.92 Å². The van der Waals surface area contributed by atoms with Crippen LogP contribution in [0, 0.1) is 0 Å². The molecule has 2 N–H and O–H groups in total. The summed E-state index contributed by atoms with van der Waals surface area (Å²) in [7, 11) is 0. The number of nitrogens with one attached hydrogen (secondary N) is 2. The van der Waals surface area contributed by atoms with E-state index in [1.165, 1.54) is 0 Å². The predicted octanol–water partition coefficient (Wildman–Crippen LogP) is 2.79. The molecule has 3 heterocycles. The number of aromatic amines is 1. The molecule has 0 radical (unpaired) electrons. The van der Waals surface area contributed by atoms with Gasteiger partial charge in [-0.25, -0.2) is 4.98 Å². The SMILES string of the molecule is CCOC(=O)C1(CC)C(=O)Nc2cc3nc(-c4cccnc4)[nH]c3cc21. The molecular formula is C19H18N4O3. The molecule has 1 amide bonds. The van der Waals surface area contributed by atoms with Crippen molar-refractivity contribution >= 4 is 28.6 Å². The molecule has 7 nitrogen and oxygen atoms in total. The lowest BCUT2D eigenvalue weighted by Crippen LogP contribution is -2.43. The van der Waals surface area contributed by atoms with E-state index in [1.807, 2.05) is 25.1 Å². The van der Waals surface area contributed by atoms with Crippen molar-refractivity contribution in [3.05, 3.63) is 42.2 Å². The molecule has 2 aromatic heterocycles. The number of hydrogen-bond donors (Lipinski definition) is 2.